The Balaban J connectivity index is 2.70. The standard InChI is InChI=1S/C18H25NO2/c1-7-14-9-12(4)8-13(5)17(14)19-16(21)10-15(20)18(19,6)11(2)3/h8-9,11H,7,10H2,1-6H3. The molecule has 1 saturated heterocycles. The van der Waals surface area contributed by atoms with Crippen LogP contribution in [0.2, 0.25) is 0 Å². The molecule has 3 heteroatoms. The molecular formula is C18H25NO2. The Morgan fingerprint density at radius 3 is 2.38 bits per heavy atom. The predicted molar refractivity (Wildman–Crippen MR) is 85.6 cm³/mol. The van der Waals surface area contributed by atoms with E-state index in [9.17, 15) is 9.59 Å². The third kappa shape index (κ3) is 2.29. The molecule has 0 bridgehead atoms. The van der Waals surface area contributed by atoms with Crippen molar-refractivity contribution in [2.45, 2.75) is 59.9 Å². The number of nitrogens with zero attached hydrogens (tertiary/aromatic N) is 1. The van der Waals surface area contributed by atoms with Gasteiger partial charge in [-0.05, 0) is 44.2 Å². The van der Waals surface area contributed by atoms with Crippen molar-refractivity contribution in [3.63, 3.8) is 0 Å². The molecule has 0 spiro atoms. The Hall–Kier alpha value is -1.64. The van der Waals surface area contributed by atoms with E-state index < -0.39 is 5.54 Å². The van der Waals surface area contributed by atoms with Crippen molar-refractivity contribution in [3.8, 4) is 0 Å². The molecule has 114 valence electrons. The van der Waals surface area contributed by atoms with E-state index in [0.717, 1.165) is 23.2 Å². The van der Waals surface area contributed by atoms with Crippen LogP contribution >= 0.6 is 0 Å². The van der Waals surface area contributed by atoms with Crippen LogP contribution in [0.25, 0.3) is 0 Å². The van der Waals surface area contributed by atoms with Crippen LogP contribution in [0.3, 0.4) is 0 Å². The van der Waals surface area contributed by atoms with E-state index in [1.165, 1.54) is 5.56 Å². The fourth-order valence-corrected chi connectivity index (χ4v) is 3.35. The van der Waals surface area contributed by atoms with Crippen molar-refractivity contribution in [2.24, 2.45) is 5.92 Å². The molecular weight excluding hydrogens is 262 g/mol. The average Bonchev–Trinajstić information content (AvgIpc) is 2.61. The number of benzene rings is 1. The van der Waals surface area contributed by atoms with Crippen molar-refractivity contribution in [1.29, 1.82) is 0 Å². The number of anilines is 1. The van der Waals surface area contributed by atoms with Gasteiger partial charge < -0.3 is 0 Å². The van der Waals surface area contributed by atoms with Gasteiger partial charge in [0, 0.05) is 0 Å². The summed E-state index contributed by atoms with van der Waals surface area (Å²) in [5.41, 5.74) is 3.61. The first kappa shape index (κ1) is 15.7. The smallest absolute Gasteiger partial charge is 0.235 e. The van der Waals surface area contributed by atoms with Gasteiger partial charge in [0.05, 0.1) is 12.1 Å². The molecule has 0 aliphatic carbocycles. The summed E-state index contributed by atoms with van der Waals surface area (Å²) in [6.45, 7) is 12.1. The number of rotatable bonds is 3. The quantitative estimate of drug-likeness (QED) is 0.797. The maximum atomic E-state index is 12.5. The molecule has 1 atom stereocenters. The SMILES string of the molecule is CCc1cc(C)cc(C)c1N1C(=O)CC(=O)C1(C)C(C)C. The predicted octanol–water partition coefficient (Wildman–Crippen LogP) is 3.59. The van der Waals surface area contributed by atoms with Gasteiger partial charge in [0.2, 0.25) is 5.91 Å². The van der Waals surface area contributed by atoms with E-state index in [-0.39, 0.29) is 24.0 Å². The lowest BCUT2D eigenvalue weighted by Crippen LogP contribution is -2.52. The van der Waals surface area contributed by atoms with Crippen molar-refractivity contribution in [2.75, 3.05) is 4.90 Å². The number of amides is 1. The zero-order valence-corrected chi connectivity index (χ0v) is 13.9. The Morgan fingerprint density at radius 2 is 1.86 bits per heavy atom. The summed E-state index contributed by atoms with van der Waals surface area (Å²) in [6, 6.07) is 4.21. The van der Waals surface area contributed by atoms with Gasteiger partial charge in [-0.1, -0.05) is 38.5 Å². The van der Waals surface area contributed by atoms with Gasteiger partial charge in [-0.15, -0.1) is 0 Å². The maximum absolute atomic E-state index is 12.5. The molecule has 1 aliphatic rings. The van der Waals surface area contributed by atoms with E-state index >= 15 is 0 Å². The monoisotopic (exact) mass is 287 g/mol. The van der Waals surface area contributed by atoms with Gasteiger partial charge in [-0.25, -0.2) is 0 Å². The lowest BCUT2D eigenvalue weighted by Gasteiger charge is -2.39. The Morgan fingerprint density at radius 1 is 1.24 bits per heavy atom. The van der Waals surface area contributed by atoms with Crippen LogP contribution in [0.4, 0.5) is 5.69 Å². The molecule has 1 amide bonds. The highest BCUT2D eigenvalue weighted by atomic mass is 16.2. The van der Waals surface area contributed by atoms with Crippen LogP contribution in [-0.2, 0) is 16.0 Å². The van der Waals surface area contributed by atoms with Crippen LogP contribution in [-0.4, -0.2) is 17.2 Å². The number of ketones is 1. The summed E-state index contributed by atoms with van der Waals surface area (Å²) in [4.78, 5) is 26.7. The molecule has 1 aromatic rings. The number of aryl methyl sites for hydroxylation is 3. The van der Waals surface area contributed by atoms with Gasteiger partial charge >= 0.3 is 0 Å². The van der Waals surface area contributed by atoms with E-state index in [4.69, 9.17) is 0 Å². The van der Waals surface area contributed by atoms with Gasteiger partial charge in [-0.3, -0.25) is 14.5 Å². The zero-order chi connectivity index (χ0) is 15.9. The molecule has 0 saturated carbocycles. The summed E-state index contributed by atoms with van der Waals surface area (Å²) in [5, 5.41) is 0. The molecule has 3 nitrogen and oxygen atoms in total. The second-order valence-corrected chi connectivity index (χ2v) is 6.57. The number of Topliss-reactive ketones (excluding diaryl/α,β-unsaturated/α-hetero) is 1. The van der Waals surface area contributed by atoms with Crippen LogP contribution in [0.5, 0.6) is 0 Å². The minimum absolute atomic E-state index is 0.0190. The minimum atomic E-state index is -0.735. The highest BCUT2D eigenvalue weighted by molar-refractivity contribution is 6.20. The van der Waals surface area contributed by atoms with E-state index in [1.54, 1.807) is 4.90 Å². The normalized spacial score (nSPS) is 22.5. The highest BCUT2D eigenvalue weighted by Crippen LogP contribution is 2.41. The Kier molecular flexibility index (Phi) is 3.96. The van der Waals surface area contributed by atoms with E-state index in [2.05, 4.69) is 26.0 Å². The molecule has 0 aromatic heterocycles. The Labute approximate surface area is 127 Å². The second kappa shape index (κ2) is 5.28. The molecule has 0 radical (unpaired) electrons. The zero-order valence-electron chi connectivity index (χ0n) is 13.9. The number of hydrogen-bond donors (Lipinski definition) is 0. The Bertz CT molecular complexity index is 603. The number of carbonyl (C=O) groups excluding carboxylic acids is 2. The van der Waals surface area contributed by atoms with Gasteiger partial charge in [-0.2, -0.15) is 0 Å². The van der Waals surface area contributed by atoms with E-state index in [1.807, 2.05) is 27.7 Å². The van der Waals surface area contributed by atoms with Gasteiger partial charge in [0.15, 0.2) is 5.78 Å². The summed E-state index contributed by atoms with van der Waals surface area (Å²) in [7, 11) is 0. The molecule has 1 aliphatic heterocycles. The van der Waals surface area contributed by atoms with Crippen LogP contribution in [0.15, 0.2) is 12.1 Å². The van der Waals surface area contributed by atoms with Crippen LogP contribution in [0, 0.1) is 19.8 Å². The molecule has 1 heterocycles. The summed E-state index contributed by atoms with van der Waals surface area (Å²) in [5.74, 6) is 0.0456. The lowest BCUT2D eigenvalue weighted by molar-refractivity contribution is -0.123. The molecule has 1 fully saturated rings. The third-order valence-electron chi connectivity index (χ3n) is 4.84. The largest absolute Gasteiger partial charge is 0.298 e. The fraction of sp³-hybridized carbons (Fsp3) is 0.556. The lowest BCUT2D eigenvalue weighted by atomic mass is 9.84. The van der Waals surface area contributed by atoms with Crippen molar-refractivity contribution in [1.82, 2.24) is 0 Å². The minimum Gasteiger partial charge on any atom is -0.298 e. The molecule has 0 N–H and O–H groups in total. The van der Waals surface area contributed by atoms with Crippen molar-refractivity contribution in [3.05, 3.63) is 28.8 Å². The first-order chi connectivity index (χ1) is 9.73. The first-order valence-corrected chi connectivity index (χ1v) is 7.69. The molecule has 1 aromatic carbocycles. The fourth-order valence-electron chi connectivity index (χ4n) is 3.35. The van der Waals surface area contributed by atoms with E-state index in [0.29, 0.717) is 0 Å². The number of hydrogen-bond acceptors (Lipinski definition) is 2. The van der Waals surface area contributed by atoms with Crippen molar-refractivity contribution < 1.29 is 9.59 Å². The first-order valence-electron chi connectivity index (χ1n) is 7.69. The topological polar surface area (TPSA) is 37.4 Å². The number of carbonyl (C=O) groups is 2. The van der Waals surface area contributed by atoms with Crippen LogP contribution in [0.1, 0.15) is 50.8 Å². The third-order valence-corrected chi connectivity index (χ3v) is 4.84. The highest BCUT2D eigenvalue weighted by Gasteiger charge is 2.52. The van der Waals surface area contributed by atoms with Crippen molar-refractivity contribution >= 4 is 17.4 Å². The maximum Gasteiger partial charge on any atom is 0.235 e. The second-order valence-electron chi connectivity index (χ2n) is 6.57. The summed E-state index contributed by atoms with van der Waals surface area (Å²) >= 11 is 0. The molecule has 2 rings (SSSR count). The summed E-state index contributed by atoms with van der Waals surface area (Å²) in [6.07, 6.45) is 0.870. The van der Waals surface area contributed by atoms with Gasteiger partial charge in [0.25, 0.3) is 0 Å². The van der Waals surface area contributed by atoms with Crippen LogP contribution < -0.4 is 4.90 Å². The molecule has 1 unspecified atom stereocenters. The van der Waals surface area contributed by atoms with Gasteiger partial charge in [0.1, 0.15) is 5.54 Å². The summed E-state index contributed by atoms with van der Waals surface area (Å²) < 4.78 is 0. The average molecular weight is 287 g/mol. The molecule has 21 heavy (non-hydrogen) atoms.